The van der Waals surface area contributed by atoms with E-state index in [1.165, 1.54) is 6.21 Å². The van der Waals surface area contributed by atoms with E-state index in [0.717, 1.165) is 5.75 Å². The Morgan fingerprint density at radius 3 is 2.50 bits per heavy atom. The van der Waals surface area contributed by atoms with E-state index in [-0.39, 0.29) is 0 Å². The summed E-state index contributed by atoms with van der Waals surface area (Å²) in [6.45, 7) is 0. The van der Waals surface area contributed by atoms with Gasteiger partial charge in [0.25, 0.3) is 0 Å². The van der Waals surface area contributed by atoms with Gasteiger partial charge in [0.15, 0.2) is 0 Å². The maximum absolute atomic E-state index is 8.32. The smallest absolute Gasteiger partial charge is 0.145 e. The van der Waals surface area contributed by atoms with Crippen LogP contribution in [-0.2, 0) is 0 Å². The highest BCUT2D eigenvalue weighted by Crippen LogP contribution is 2.19. The summed E-state index contributed by atoms with van der Waals surface area (Å²) in [6, 6.07) is 12.9. The summed E-state index contributed by atoms with van der Waals surface area (Å²) in [5.74, 6) is 1.40. The molecule has 0 atom stereocenters. The Labute approximate surface area is 92.8 Å². The molecule has 80 valence electrons. The van der Waals surface area contributed by atoms with Gasteiger partial charge in [0.05, 0.1) is 18.1 Å². The van der Waals surface area contributed by atoms with Crippen molar-refractivity contribution in [2.75, 3.05) is 0 Å². The van der Waals surface area contributed by atoms with Crippen molar-refractivity contribution in [3.05, 3.63) is 54.4 Å². The average Bonchev–Trinajstić information content (AvgIpc) is 2.33. The van der Waals surface area contributed by atoms with E-state index in [9.17, 15) is 0 Å². The molecule has 0 amide bonds. The summed E-state index contributed by atoms with van der Waals surface area (Å²) >= 11 is 0. The van der Waals surface area contributed by atoms with Crippen LogP contribution in [-0.4, -0.2) is 16.4 Å². The number of aromatic nitrogens is 1. The first-order valence-corrected chi connectivity index (χ1v) is 4.75. The number of ether oxygens (including phenoxy) is 1. The SMILES string of the molecule is O/N=C/c1ccc(Oc2ccccc2)cn1. The van der Waals surface area contributed by atoms with Gasteiger partial charge in [0.2, 0.25) is 0 Å². The molecule has 2 aromatic rings. The molecule has 0 spiro atoms. The summed E-state index contributed by atoms with van der Waals surface area (Å²) in [5, 5.41) is 11.2. The van der Waals surface area contributed by atoms with Crippen molar-refractivity contribution in [3.63, 3.8) is 0 Å². The Bertz CT molecular complexity index is 466. The van der Waals surface area contributed by atoms with Crippen molar-refractivity contribution < 1.29 is 9.94 Å². The van der Waals surface area contributed by atoms with Crippen LogP contribution in [0, 0.1) is 0 Å². The van der Waals surface area contributed by atoms with Gasteiger partial charge in [-0.05, 0) is 24.3 Å². The minimum Gasteiger partial charge on any atom is -0.456 e. The van der Waals surface area contributed by atoms with E-state index in [2.05, 4.69) is 10.1 Å². The number of nitrogens with zero attached hydrogens (tertiary/aromatic N) is 2. The molecule has 4 nitrogen and oxygen atoms in total. The van der Waals surface area contributed by atoms with Crippen molar-refractivity contribution in [1.29, 1.82) is 0 Å². The molecule has 1 aromatic heterocycles. The van der Waals surface area contributed by atoms with Crippen LogP contribution in [0.4, 0.5) is 0 Å². The zero-order valence-electron chi connectivity index (χ0n) is 8.45. The molecule has 1 aromatic carbocycles. The van der Waals surface area contributed by atoms with Crippen LogP contribution in [0.2, 0.25) is 0 Å². The normalized spacial score (nSPS) is 10.5. The van der Waals surface area contributed by atoms with Crippen molar-refractivity contribution in [1.82, 2.24) is 4.98 Å². The molecule has 0 fully saturated rings. The highest BCUT2D eigenvalue weighted by Gasteiger charge is 1.96. The van der Waals surface area contributed by atoms with Gasteiger partial charge in [-0.15, -0.1) is 0 Å². The second kappa shape index (κ2) is 4.93. The third-order valence-electron chi connectivity index (χ3n) is 1.93. The third-order valence-corrected chi connectivity index (χ3v) is 1.93. The number of benzene rings is 1. The highest BCUT2D eigenvalue weighted by molar-refractivity contribution is 5.76. The lowest BCUT2D eigenvalue weighted by Gasteiger charge is -2.04. The Balaban J connectivity index is 2.11. The van der Waals surface area contributed by atoms with Gasteiger partial charge in [0.1, 0.15) is 11.5 Å². The Morgan fingerprint density at radius 2 is 1.88 bits per heavy atom. The standard InChI is InChI=1S/C12H10N2O2/c15-14-8-10-6-7-12(9-13-10)16-11-4-2-1-3-5-11/h1-9,15H/b14-8+. The summed E-state index contributed by atoms with van der Waals surface area (Å²) in [6.07, 6.45) is 2.83. The highest BCUT2D eigenvalue weighted by atomic mass is 16.5. The van der Waals surface area contributed by atoms with Crippen molar-refractivity contribution in [2.45, 2.75) is 0 Å². The predicted molar refractivity (Wildman–Crippen MR) is 60.1 cm³/mol. The summed E-state index contributed by atoms with van der Waals surface area (Å²) in [7, 11) is 0. The molecule has 4 heteroatoms. The Morgan fingerprint density at radius 1 is 1.06 bits per heavy atom. The van der Waals surface area contributed by atoms with Gasteiger partial charge in [-0.25, -0.2) is 0 Å². The van der Waals surface area contributed by atoms with Crippen LogP contribution in [0.1, 0.15) is 5.69 Å². The molecule has 1 heterocycles. The summed E-state index contributed by atoms with van der Waals surface area (Å²) < 4.78 is 5.54. The number of para-hydroxylation sites is 1. The molecular formula is C12H10N2O2. The molecule has 0 radical (unpaired) electrons. The predicted octanol–water partition coefficient (Wildman–Crippen LogP) is 2.68. The zero-order valence-corrected chi connectivity index (χ0v) is 8.45. The van der Waals surface area contributed by atoms with Crippen molar-refractivity contribution >= 4 is 6.21 Å². The van der Waals surface area contributed by atoms with Gasteiger partial charge in [-0.1, -0.05) is 23.4 Å². The van der Waals surface area contributed by atoms with E-state index in [4.69, 9.17) is 9.94 Å². The fourth-order valence-corrected chi connectivity index (χ4v) is 1.21. The second-order valence-corrected chi connectivity index (χ2v) is 3.08. The van der Waals surface area contributed by atoms with E-state index >= 15 is 0 Å². The van der Waals surface area contributed by atoms with Crippen LogP contribution >= 0.6 is 0 Å². The fraction of sp³-hybridized carbons (Fsp3) is 0. The van der Waals surface area contributed by atoms with E-state index in [1.807, 2.05) is 30.3 Å². The van der Waals surface area contributed by atoms with E-state index in [0.29, 0.717) is 11.4 Å². The van der Waals surface area contributed by atoms with Crippen LogP contribution in [0.15, 0.2) is 53.8 Å². The Kier molecular flexibility index (Phi) is 3.13. The topological polar surface area (TPSA) is 54.7 Å². The van der Waals surface area contributed by atoms with E-state index in [1.54, 1.807) is 18.3 Å². The largest absolute Gasteiger partial charge is 0.456 e. The minimum atomic E-state index is 0.572. The number of hydrogen-bond donors (Lipinski definition) is 1. The molecule has 0 aliphatic rings. The van der Waals surface area contributed by atoms with E-state index < -0.39 is 0 Å². The number of oxime groups is 1. The van der Waals surface area contributed by atoms with Gasteiger partial charge in [0, 0.05) is 0 Å². The first-order chi connectivity index (χ1) is 7.88. The summed E-state index contributed by atoms with van der Waals surface area (Å²) in [5.41, 5.74) is 0.572. The minimum absolute atomic E-state index is 0.572. The van der Waals surface area contributed by atoms with Crippen LogP contribution in [0.25, 0.3) is 0 Å². The molecule has 0 aliphatic carbocycles. The molecule has 0 bridgehead atoms. The molecule has 1 N–H and O–H groups in total. The van der Waals surface area contributed by atoms with Crippen LogP contribution in [0.5, 0.6) is 11.5 Å². The quantitative estimate of drug-likeness (QED) is 0.485. The monoisotopic (exact) mass is 214 g/mol. The van der Waals surface area contributed by atoms with Crippen molar-refractivity contribution in [2.24, 2.45) is 5.16 Å². The van der Waals surface area contributed by atoms with Gasteiger partial charge in [-0.2, -0.15) is 0 Å². The lowest BCUT2D eigenvalue weighted by molar-refractivity contribution is 0.321. The number of hydrogen-bond acceptors (Lipinski definition) is 4. The first kappa shape index (κ1) is 10.2. The number of rotatable bonds is 3. The lowest BCUT2D eigenvalue weighted by atomic mass is 10.3. The maximum atomic E-state index is 8.32. The lowest BCUT2D eigenvalue weighted by Crippen LogP contribution is -1.89. The first-order valence-electron chi connectivity index (χ1n) is 4.75. The molecule has 0 unspecified atom stereocenters. The van der Waals surface area contributed by atoms with Crippen LogP contribution in [0.3, 0.4) is 0 Å². The molecule has 0 aliphatic heterocycles. The summed E-state index contributed by atoms with van der Waals surface area (Å²) in [4.78, 5) is 4.03. The molecule has 0 saturated carbocycles. The zero-order chi connectivity index (χ0) is 11.2. The van der Waals surface area contributed by atoms with Gasteiger partial charge in [-0.3, -0.25) is 4.98 Å². The fourth-order valence-electron chi connectivity index (χ4n) is 1.21. The van der Waals surface area contributed by atoms with Crippen molar-refractivity contribution in [3.8, 4) is 11.5 Å². The van der Waals surface area contributed by atoms with Gasteiger partial charge < -0.3 is 9.94 Å². The van der Waals surface area contributed by atoms with Crippen LogP contribution < -0.4 is 4.74 Å². The molecule has 0 saturated heterocycles. The molecular weight excluding hydrogens is 204 g/mol. The number of pyridine rings is 1. The third kappa shape index (κ3) is 2.57. The van der Waals surface area contributed by atoms with Gasteiger partial charge >= 0.3 is 0 Å². The second-order valence-electron chi connectivity index (χ2n) is 3.08. The maximum Gasteiger partial charge on any atom is 0.145 e. The molecule has 2 rings (SSSR count). The average molecular weight is 214 g/mol. The molecule has 16 heavy (non-hydrogen) atoms. The Hall–Kier alpha value is -2.36.